The van der Waals surface area contributed by atoms with E-state index in [1.165, 1.54) is 0 Å². The van der Waals surface area contributed by atoms with Crippen molar-refractivity contribution in [2.75, 3.05) is 0 Å². The molecule has 1 saturated carbocycles. The zero-order chi connectivity index (χ0) is 17.8. The zero-order valence-electron chi connectivity index (χ0n) is 14.2. The molecule has 2 aromatic rings. The molecule has 3 rings (SSSR count). The molecule has 0 unspecified atom stereocenters. The second-order valence-electron chi connectivity index (χ2n) is 6.65. The Morgan fingerprint density at radius 3 is 2.24 bits per heavy atom. The van der Waals surface area contributed by atoms with Crippen LogP contribution in [-0.2, 0) is 4.79 Å². The maximum absolute atomic E-state index is 12.3. The average Bonchev–Trinajstić information content (AvgIpc) is 2.62. The fourth-order valence-corrected chi connectivity index (χ4v) is 3.75. The predicted molar refractivity (Wildman–Crippen MR) is 97.8 cm³/mol. The van der Waals surface area contributed by atoms with Crippen LogP contribution >= 0.6 is 0 Å². The standard InChI is InChI=1S/C21H21NO3/c1-15(12-16-8-4-2-5-9-16)19-13-18(23)14-20(21(19)22(24)25)17-10-6-3-7-11-17/h2-12,19-21H,13-14H2,1H3/b15-12+/t19-,20-,21+/m0/s1. The van der Waals surface area contributed by atoms with E-state index in [2.05, 4.69) is 0 Å². The monoisotopic (exact) mass is 335 g/mol. The molecule has 0 saturated heterocycles. The van der Waals surface area contributed by atoms with Crippen LogP contribution in [0.15, 0.2) is 66.2 Å². The van der Waals surface area contributed by atoms with E-state index in [0.717, 1.165) is 16.7 Å². The minimum Gasteiger partial charge on any atom is -0.300 e. The van der Waals surface area contributed by atoms with E-state index in [0.29, 0.717) is 0 Å². The van der Waals surface area contributed by atoms with Crippen molar-refractivity contribution in [3.05, 3.63) is 87.5 Å². The first-order valence-electron chi connectivity index (χ1n) is 8.49. The molecule has 0 heterocycles. The molecule has 0 bridgehead atoms. The van der Waals surface area contributed by atoms with Crippen LogP contribution < -0.4 is 0 Å². The summed E-state index contributed by atoms with van der Waals surface area (Å²) in [5.41, 5.74) is 2.76. The number of carbonyl (C=O) groups excluding carboxylic acids is 1. The lowest BCUT2D eigenvalue weighted by atomic mass is 9.71. The first-order chi connectivity index (χ1) is 12.1. The quantitative estimate of drug-likeness (QED) is 0.610. The molecule has 3 atom stereocenters. The third-order valence-electron chi connectivity index (χ3n) is 4.97. The van der Waals surface area contributed by atoms with Gasteiger partial charge in [-0.25, -0.2) is 0 Å². The van der Waals surface area contributed by atoms with Crippen molar-refractivity contribution in [3.8, 4) is 0 Å². The summed E-state index contributed by atoms with van der Waals surface area (Å²) in [6.07, 6.45) is 2.44. The zero-order valence-corrected chi connectivity index (χ0v) is 14.2. The van der Waals surface area contributed by atoms with Crippen LogP contribution in [0, 0.1) is 16.0 Å². The molecule has 4 heteroatoms. The number of benzene rings is 2. The average molecular weight is 335 g/mol. The lowest BCUT2D eigenvalue weighted by Crippen LogP contribution is -2.42. The minimum absolute atomic E-state index is 0.0952. The fraction of sp³-hybridized carbons (Fsp3) is 0.286. The number of Topliss-reactive ketones (excluding diaryl/α,β-unsaturated/α-hetero) is 1. The van der Waals surface area contributed by atoms with Crippen LogP contribution in [-0.4, -0.2) is 16.7 Å². The molecule has 0 aliphatic heterocycles. The highest BCUT2D eigenvalue weighted by atomic mass is 16.6. The van der Waals surface area contributed by atoms with Gasteiger partial charge in [-0.15, -0.1) is 0 Å². The number of nitro groups is 1. The van der Waals surface area contributed by atoms with Crippen LogP contribution in [0.25, 0.3) is 6.08 Å². The summed E-state index contributed by atoms with van der Waals surface area (Å²) in [5, 5.41) is 11.9. The predicted octanol–water partition coefficient (Wildman–Crippen LogP) is 4.50. The Morgan fingerprint density at radius 1 is 1.04 bits per heavy atom. The van der Waals surface area contributed by atoms with E-state index in [4.69, 9.17) is 0 Å². The molecule has 128 valence electrons. The molecular weight excluding hydrogens is 314 g/mol. The summed E-state index contributed by atoms with van der Waals surface area (Å²) in [6, 6.07) is 18.3. The fourth-order valence-electron chi connectivity index (χ4n) is 3.75. The highest BCUT2D eigenvalue weighted by Gasteiger charge is 2.46. The first-order valence-corrected chi connectivity index (χ1v) is 8.49. The number of ketones is 1. The second kappa shape index (κ2) is 7.43. The molecule has 0 aromatic heterocycles. The molecule has 4 nitrogen and oxygen atoms in total. The van der Waals surface area contributed by atoms with Gasteiger partial charge in [-0.2, -0.15) is 0 Å². The Bertz CT molecular complexity index is 783. The van der Waals surface area contributed by atoms with Crippen molar-refractivity contribution >= 4 is 11.9 Å². The van der Waals surface area contributed by atoms with Crippen LogP contribution in [0.5, 0.6) is 0 Å². The second-order valence-corrected chi connectivity index (χ2v) is 6.65. The van der Waals surface area contributed by atoms with Gasteiger partial charge >= 0.3 is 0 Å². The maximum Gasteiger partial charge on any atom is 0.227 e. The number of nitrogens with zero attached hydrogens (tertiary/aromatic N) is 1. The van der Waals surface area contributed by atoms with Crippen molar-refractivity contribution in [2.24, 2.45) is 5.92 Å². The Morgan fingerprint density at radius 2 is 1.64 bits per heavy atom. The van der Waals surface area contributed by atoms with Gasteiger partial charge in [0.1, 0.15) is 5.78 Å². The summed E-state index contributed by atoms with van der Waals surface area (Å²) in [4.78, 5) is 24.0. The molecule has 0 amide bonds. The van der Waals surface area contributed by atoms with Crippen LogP contribution in [0.2, 0.25) is 0 Å². The van der Waals surface area contributed by atoms with Gasteiger partial charge in [-0.3, -0.25) is 14.9 Å². The van der Waals surface area contributed by atoms with E-state index in [1.807, 2.05) is 73.7 Å². The van der Waals surface area contributed by atoms with Crippen molar-refractivity contribution in [1.82, 2.24) is 0 Å². The number of hydrogen-bond acceptors (Lipinski definition) is 3. The Hall–Kier alpha value is -2.75. The Labute approximate surface area is 147 Å². The molecule has 1 aliphatic carbocycles. The van der Waals surface area contributed by atoms with Gasteiger partial charge in [0.2, 0.25) is 6.04 Å². The highest BCUT2D eigenvalue weighted by molar-refractivity contribution is 5.81. The van der Waals surface area contributed by atoms with E-state index in [9.17, 15) is 14.9 Å². The van der Waals surface area contributed by atoms with Crippen molar-refractivity contribution in [2.45, 2.75) is 31.7 Å². The van der Waals surface area contributed by atoms with E-state index < -0.39 is 6.04 Å². The maximum atomic E-state index is 12.3. The highest BCUT2D eigenvalue weighted by Crippen LogP contribution is 2.40. The van der Waals surface area contributed by atoms with Gasteiger partial charge in [0.15, 0.2) is 0 Å². The summed E-state index contributed by atoms with van der Waals surface area (Å²) in [5.74, 6) is -0.652. The Kier molecular flexibility index (Phi) is 5.08. The summed E-state index contributed by atoms with van der Waals surface area (Å²) in [7, 11) is 0. The smallest absolute Gasteiger partial charge is 0.227 e. The molecule has 1 fully saturated rings. The third-order valence-corrected chi connectivity index (χ3v) is 4.97. The topological polar surface area (TPSA) is 60.2 Å². The molecule has 25 heavy (non-hydrogen) atoms. The van der Waals surface area contributed by atoms with Crippen molar-refractivity contribution in [1.29, 1.82) is 0 Å². The molecule has 1 aliphatic rings. The van der Waals surface area contributed by atoms with E-state index in [-0.39, 0.29) is 35.4 Å². The minimum atomic E-state index is -0.778. The summed E-state index contributed by atoms with van der Waals surface area (Å²) < 4.78 is 0. The number of hydrogen-bond donors (Lipinski definition) is 0. The third kappa shape index (κ3) is 3.85. The number of rotatable bonds is 4. The molecule has 0 N–H and O–H groups in total. The SMILES string of the molecule is C/C(=C\c1ccccc1)[C@@H]1CC(=O)C[C@@H](c2ccccc2)[C@@H]1[N+](=O)[O-]. The lowest BCUT2D eigenvalue weighted by molar-refractivity contribution is -0.535. The summed E-state index contributed by atoms with van der Waals surface area (Å²) >= 11 is 0. The van der Waals surface area contributed by atoms with Crippen LogP contribution in [0.3, 0.4) is 0 Å². The van der Waals surface area contributed by atoms with E-state index in [1.54, 1.807) is 0 Å². The van der Waals surface area contributed by atoms with Gasteiger partial charge in [-0.1, -0.05) is 72.3 Å². The molecular formula is C21H21NO3. The Balaban J connectivity index is 1.97. The number of carbonyl (C=O) groups is 1. The van der Waals surface area contributed by atoms with Gasteiger partial charge in [-0.05, 0) is 18.1 Å². The van der Waals surface area contributed by atoms with Gasteiger partial charge < -0.3 is 0 Å². The van der Waals surface area contributed by atoms with Crippen LogP contribution in [0.1, 0.15) is 36.8 Å². The van der Waals surface area contributed by atoms with Crippen molar-refractivity contribution in [3.63, 3.8) is 0 Å². The summed E-state index contributed by atoms with van der Waals surface area (Å²) in [6.45, 7) is 1.90. The van der Waals surface area contributed by atoms with Gasteiger partial charge in [0, 0.05) is 17.8 Å². The largest absolute Gasteiger partial charge is 0.300 e. The normalized spacial score (nSPS) is 24.1. The van der Waals surface area contributed by atoms with Crippen LogP contribution in [0.4, 0.5) is 0 Å². The first kappa shape index (κ1) is 17.1. The van der Waals surface area contributed by atoms with E-state index >= 15 is 0 Å². The van der Waals surface area contributed by atoms with Crippen molar-refractivity contribution < 1.29 is 9.72 Å². The molecule has 0 spiro atoms. The van der Waals surface area contributed by atoms with Gasteiger partial charge in [0.25, 0.3) is 0 Å². The molecule has 0 radical (unpaired) electrons. The van der Waals surface area contributed by atoms with Gasteiger partial charge in [0.05, 0.1) is 11.8 Å². The molecule has 2 aromatic carbocycles. The lowest BCUT2D eigenvalue weighted by Gasteiger charge is -2.32.